The van der Waals surface area contributed by atoms with Crippen molar-refractivity contribution < 1.29 is 23.1 Å². The minimum atomic E-state index is -4.52. The fourth-order valence-corrected chi connectivity index (χ4v) is 4.36. The summed E-state index contributed by atoms with van der Waals surface area (Å²) in [6, 6.07) is 18.1. The van der Waals surface area contributed by atoms with E-state index in [1.807, 2.05) is 0 Å². The number of nitrogens with zero attached hydrogens (tertiary/aromatic N) is 5. The van der Waals surface area contributed by atoms with E-state index < -0.39 is 23.4 Å². The Hall–Kier alpha value is -4.71. The van der Waals surface area contributed by atoms with Crippen molar-refractivity contribution in [2.75, 3.05) is 0 Å². The molecule has 0 saturated heterocycles. The number of aromatic nitrogens is 6. The van der Waals surface area contributed by atoms with Crippen molar-refractivity contribution in [2.24, 2.45) is 0 Å². The molecule has 5 aromatic rings. The van der Waals surface area contributed by atoms with Gasteiger partial charge in [-0.1, -0.05) is 41.9 Å². The molecular formula is C27H20ClF3N6O3. The lowest BCUT2D eigenvalue weighted by molar-refractivity contribution is -0.138. The lowest BCUT2D eigenvalue weighted by atomic mass is 10.0. The van der Waals surface area contributed by atoms with Crippen LogP contribution in [0.3, 0.4) is 0 Å². The molecule has 0 bridgehead atoms. The number of halogens is 4. The van der Waals surface area contributed by atoms with Crippen molar-refractivity contribution >= 4 is 17.6 Å². The number of carboxylic acid groups (broad SMARTS) is 1. The Morgan fingerprint density at radius 3 is 2.48 bits per heavy atom. The topological polar surface area (TPSA) is 119 Å². The number of alkyl halides is 3. The molecule has 0 amide bonds. The summed E-state index contributed by atoms with van der Waals surface area (Å²) in [7, 11) is 0. The Morgan fingerprint density at radius 2 is 1.75 bits per heavy atom. The SMILES string of the molecule is O=C(O)c1cccc(Cn2c(-c3ccc(Cl)cc3)nn(Cc3nc(Cc4ccccc4C(F)(F)F)n[nH]3)c2=O)c1. The van der Waals surface area contributed by atoms with Gasteiger partial charge in [-0.05, 0) is 53.6 Å². The molecule has 0 spiro atoms. The van der Waals surface area contributed by atoms with E-state index in [1.165, 1.54) is 34.9 Å². The molecule has 3 aromatic carbocycles. The molecule has 5 rings (SSSR count). The molecule has 2 aromatic heterocycles. The monoisotopic (exact) mass is 568 g/mol. The molecule has 0 aliphatic heterocycles. The molecule has 13 heteroatoms. The van der Waals surface area contributed by atoms with Crippen LogP contribution in [0.5, 0.6) is 0 Å². The summed E-state index contributed by atoms with van der Waals surface area (Å²) in [5.74, 6) is -0.438. The number of nitrogens with one attached hydrogen (secondary N) is 1. The third-order valence-electron chi connectivity index (χ3n) is 6.09. The van der Waals surface area contributed by atoms with Gasteiger partial charge in [0.2, 0.25) is 0 Å². The Kier molecular flexibility index (Phi) is 7.26. The second-order valence-corrected chi connectivity index (χ2v) is 9.33. The highest BCUT2D eigenvalue weighted by molar-refractivity contribution is 6.30. The standard InChI is InChI=1S/C27H20ClF3N6O3/c28-20-10-8-17(9-11-20)24-35-37(26(40)36(24)14-16-4-3-6-19(12-16)25(38)39)15-23-32-22(33-34-23)13-18-5-1-2-7-21(18)27(29,30)31/h1-12H,13-15H2,(H,38,39)(H,32,33,34). The zero-order chi connectivity index (χ0) is 28.4. The van der Waals surface area contributed by atoms with E-state index >= 15 is 0 Å². The number of aromatic amines is 1. The van der Waals surface area contributed by atoms with Crippen LogP contribution in [0.2, 0.25) is 5.02 Å². The van der Waals surface area contributed by atoms with Gasteiger partial charge in [-0.15, -0.1) is 5.10 Å². The first kappa shape index (κ1) is 26.9. The van der Waals surface area contributed by atoms with Gasteiger partial charge in [0.25, 0.3) is 0 Å². The molecule has 0 unspecified atom stereocenters. The molecule has 40 heavy (non-hydrogen) atoms. The Morgan fingerprint density at radius 1 is 1.00 bits per heavy atom. The molecule has 9 nitrogen and oxygen atoms in total. The van der Waals surface area contributed by atoms with Gasteiger partial charge in [-0.2, -0.15) is 18.3 Å². The van der Waals surface area contributed by atoms with Gasteiger partial charge in [-0.25, -0.2) is 19.3 Å². The van der Waals surface area contributed by atoms with E-state index in [1.54, 1.807) is 36.4 Å². The van der Waals surface area contributed by atoms with Crippen molar-refractivity contribution in [3.8, 4) is 11.4 Å². The summed E-state index contributed by atoms with van der Waals surface area (Å²) in [6.07, 6.45) is -4.68. The van der Waals surface area contributed by atoms with Crippen molar-refractivity contribution in [3.05, 3.63) is 122 Å². The maximum absolute atomic E-state index is 13.4. The molecule has 0 atom stereocenters. The smallest absolute Gasteiger partial charge is 0.416 e. The first-order valence-corrected chi connectivity index (χ1v) is 12.3. The first-order valence-electron chi connectivity index (χ1n) is 11.9. The molecule has 2 heterocycles. The minimum absolute atomic E-state index is 0.0237. The summed E-state index contributed by atoms with van der Waals surface area (Å²) >= 11 is 6.02. The first-order chi connectivity index (χ1) is 19.1. The predicted octanol–water partition coefficient (Wildman–Crippen LogP) is 4.89. The summed E-state index contributed by atoms with van der Waals surface area (Å²) in [4.78, 5) is 29.1. The molecule has 0 saturated carbocycles. The summed E-state index contributed by atoms with van der Waals surface area (Å²) in [6.45, 7) is -0.0939. The number of aromatic carboxylic acids is 1. The summed E-state index contributed by atoms with van der Waals surface area (Å²) < 4.78 is 42.7. The summed E-state index contributed by atoms with van der Waals surface area (Å²) in [5, 5.41) is 21.0. The van der Waals surface area contributed by atoms with Crippen molar-refractivity contribution in [2.45, 2.75) is 25.7 Å². The number of hydrogen-bond acceptors (Lipinski definition) is 5. The van der Waals surface area contributed by atoms with Gasteiger partial charge in [0.05, 0.1) is 17.7 Å². The van der Waals surface area contributed by atoms with Crippen LogP contribution in [0, 0.1) is 0 Å². The molecular weight excluding hydrogens is 549 g/mol. The Balaban J connectivity index is 1.46. The Bertz CT molecular complexity index is 1740. The van der Waals surface area contributed by atoms with Crippen molar-refractivity contribution in [1.82, 2.24) is 29.5 Å². The fraction of sp³-hybridized carbons (Fsp3) is 0.148. The molecule has 0 radical (unpaired) electrons. The van der Waals surface area contributed by atoms with Crippen LogP contribution in [-0.2, 0) is 25.7 Å². The normalized spacial score (nSPS) is 11.6. The van der Waals surface area contributed by atoms with Crippen LogP contribution >= 0.6 is 11.6 Å². The quantitative estimate of drug-likeness (QED) is 0.275. The van der Waals surface area contributed by atoms with Gasteiger partial charge < -0.3 is 5.11 Å². The van der Waals surface area contributed by atoms with E-state index in [4.69, 9.17) is 11.6 Å². The van der Waals surface area contributed by atoms with Crippen LogP contribution in [-0.4, -0.2) is 40.6 Å². The average Bonchev–Trinajstić information content (AvgIpc) is 3.48. The van der Waals surface area contributed by atoms with Crippen molar-refractivity contribution in [3.63, 3.8) is 0 Å². The van der Waals surface area contributed by atoms with Gasteiger partial charge in [0.1, 0.15) is 12.4 Å². The van der Waals surface area contributed by atoms with Gasteiger partial charge in [0.15, 0.2) is 11.6 Å². The average molecular weight is 569 g/mol. The Labute approximate surface area is 229 Å². The highest BCUT2D eigenvalue weighted by Crippen LogP contribution is 2.32. The summed E-state index contributed by atoms with van der Waals surface area (Å²) in [5.41, 5.74) is -0.0106. The molecule has 0 fully saturated rings. The zero-order valence-electron chi connectivity index (χ0n) is 20.6. The van der Waals surface area contributed by atoms with Crippen LogP contribution < -0.4 is 5.69 Å². The molecule has 0 aliphatic rings. The van der Waals surface area contributed by atoms with Crippen molar-refractivity contribution in [1.29, 1.82) is 0 Å². The number of benzene rings is 3. The second-order valence-electron chi connectivity index (χ2n) is 8.89. The highest BCUT2D eigenvalue weighted by Gasteiger charge is 2.33. The number of rotatable bonds is 8. The lowest BCUT2D eigenvalue weighted by Crippen LogP contribution is -2.26. The number of H-pyrrole nitrogens is 1. The van der Waals surface area contributed by atoms with Gasteiger partial charge in [-0.3, -0.25) is 9.67 Å². The third kappa shape index (κ3) is 5.81. The van der Waals surface area contributed by atoms with Gasteiger partial charge in [0, 0.05) is 17.0 Å². The molecule has 2 N–H and O–H groups in total. The largest absolute Gasteiger partial charge is 0.478 e. The predicted molar refractivity (Wildman–Crippen MR) is 139 cm³/mol. The van der Waals surface area contributed by atoms with Crippen LogP contribution in [0.1, 0.15) is 38.7 Å². The lowest BCUT2D eigenvalue weighted by Gasteiger charge is -2.11. The van der Waals surface area contributed by atoms with Crippen LogP contribution in [0.15, 0.2) is 77.6 Å². The van der Waals surface area contributed by atoms with E-state index in [0.29, 0.717) is 22.0 Å². The maximum Gasteiger partial charge on any atom is 0.416 e. The van der Waals surface area contributed by atoms with E-state index in [-0.39, 0.29) is 42.3 Å². The van der Waals surface area contributed by atoms with Crippen LogP contribution in [0.4, 0.5) is 13.2 Å². The number of carboxylic acids is 1. The maximum atomic E-state index is 13.4. The van der Waals surface area contributed by atoms with E-state index in [9.17, 15) is 27.9 Å². The molecule has 0 aliphatic carbocycles. The number of carbonyl (C=O) groups is 1. The second kappa shape index (κ2) is 10.8. The molecule has 204 valence electrons. The van der Waals surface area contributed by atoms with E-state index in [0.717, 1.165) is 10.7 Å². The number of hydrogen-bond donors (Lipinski definition) is 2. The van der Waals surface area contributed by atoms with Crippen LogP contribution in [0.25, 0.3) is 11.4 Å². The van der Waals surface area contributed by atoms with E-state index in [2.05, 4.69) is 20.3 Å². The minimum Gasteiger partial charge on any atom is -0.478 e. The van der Waals surface area contributed by atoms with Gasteiger partial charge >= 0.3 is 17.8 Å². The zero-order valence-corrected chi connectivity index (χ0v) is 21.3. The third-order valence-corrected chi connectivity index (χ3v) is 6.34. The highest BCUT2D eigenvalue weighted by atomic mass is 35.5. The fourth-order valence-electron chi connectivity index (χ4n) is 4.23.